The van der Waals surface area contributed by atoms with Crippen molar-refractivity contribution in [1.29, 1.82) is 0 Å². The van der Waals surface area contributed by atoms with Crippen molar-refractivity contribution >= 4 is 5.78 Å². The lowest BCUT2D eigenvalue weighted by molar-refractivity contribution is -0.274. The Morgan fingerprint density at radius 2 is 1.82 bits per heavy atom. The van der Waals surface area contributed by atoms with Crippen LogP contribution in [0.4, 0.5) is 26.3 Å². The van der Waals surface area contributed by atoms with Gasteiger partial charge in [-0.25, -0.2) is 13.2 Å². The van der Waals surface area contributed by atoms with E-state index in [0.717, 1.165) is 0 Å². The molecule has 0 fully saturated rings. The minimum absolute atomic E-state index is 0.259. The van der Waals surface area contributed by atoms with Gasteiger partial charge in [0.05, 0.1) is 5.56 Å². The minimum Gasteiger partial charge on any atom is -0.405 e. The van der Waals surface area contributed by atoms with Gasteiger partial charge in [-0.05, 0) is 18.2 Å². The minimum atomic E-state index is -5.16. The summed E-state index contributed by atoms with van der Waals surface area (Å²) in [6.07, 6.45) is -8.71. The van der Waals surface area contributed by atoms with E-state index < -0.39 is 35.7 Å². The summed E-state index contributed by atoms with van der Waals surface area (Å²) in [7, 11) is 0. The van der Waals surface area contributed by atoms with Crippen LogP contribution in [0.5, 0.6) is 5.75 Å². The summed E-state index contributed by atoms with van der Waals surface area (Å²) in [6, 6.07) is 1.28. The van der Waals surface area contributed by atoms with E-state index in [1.165, 1.54) is 0 Å². The van der Waals surface area contributed by atoms with E-state index in [2.05, 4.69) is 4.74 Å². The normalized spacial score (nSPS) is 11.7. The molecule has 0 aliphatic heterocycles. The maximum absolute atomic E-state index is 12.7. The highest BCUT2D eigenvalue weighted by atomic mass is 19.4. The molecular weight excluding hydrogens is 254 g/mol. The molecule has 1 rings (SSSR count). The van der Waals surface area contributed by atoms with Crippen LogP contribution in [-0.2, 0) is 0 Å². The Hall–Kier alpha value is -1.73. The van der Waals surface area contributed by atoms with E-state index >= 15 is 0 Å². The van der Waals surface area contributed by atoms with Gasteiger partial charge >= 0.3 is 12.8 Å². The summed E-state index contributed by atoms with van der Waals surface area (Å²) in [5.74, 6) is -4.23. The molecule has 2 nitrogen and oxygen atoms in total. The zero-order chi connectivity index (χ0) is 13.2. The van der Waals surface area contributed by atoms with Crippen LogP contribution in [0.15, 0.2) is 18.2 Å². The first-order chi connectivity index (χ1) is 7.70. The first kappa shape index (κ1) is 13.3. The van der Waals surface area contributed by atoms with Gasteiger partial charge in [-0.1, -0.05) is 0 Å². The fraction of sp³-hybridized carbons (Fsp3) is 0.222. The Morgan fingerprint density at radius 1 is 1.24 bits per heavy atom. The predicted molar refractivity (Wildman–Crippen MR) is 43.4 cm³/mol. The second-order valence-electron chi connectivity index (χ2n) is 2.85. The van der Waals surface area contributed by atoms with E-state index in [9.17, 15) is 31.1 Å². The third-order valence-corrected chi connectivity index (χ3v) is 1.63. The summed E-state index contributed by atoms with van der Waals surface area (Å²) in [4.78, 5) is 10.8. The number of alkyl halides is 5. The van der Waals surface area contributed by atoms with Crippen molar-refractivity contribution in [1.82, 2.24) is 0 Å². The molecule has 0 amide bonds. The van der Waals surface area contributed by atoms with Gasteiger partial charge in [-0.2, -0.15) is 0 Å². The molecule has 1 aromatic carbocycles. The summed E-state index contributed by atoms with van der Waals surface area (Å²) in [5, 5.41) is 0. The molecule has 0 atom stereocenters. The molecule has 0 aliphatic carbocycles. The second kappa shape index (κ2) is 4.64. The van der Waals surface area contributed by atoms with E-state index in [1.54, 1.807) is 0 Å². The largest absolute Gasteiger partial charge is 0.573 e. The van der Waals surface area contributed by atoms with Crippen LogP contribution in [0.2, 0.25) is 0 Å². The van der Waals surface area contributed by atoms with Gasteiger partial charge in [0.1, 0.15) is 11.6 Å². The number of carbonyl (C=O) groups excluding carboxylic acids is 1. The van der Waals surface area contributed by atoms with Gasteiger partial charge in [0.15, 0.2) is 0 Å². The number of rotatable bonds is 3. The lowest BCUT2D eigenvalue weighted by Crippen LogP contribution is -2.20. The van der Waals surface area contributed by atoms with Crippen LogP contribution in [0.1, 0.15) is 10.4 Å². The molecule has 17 heavy (non-hydrogen) atoms. The van der Waals surface area contributed by atoms with Gasteiger partial charge in [0, 0.05) is 0 Å². The summed E-state index contributed by atoms with van der Waals surface area (Å²) in [6.45, 7) is 0. The van der Waals surface area contributed by atoms with E-state index in [0.29, 0.717) is 12.1 Å². The molecule has 8 heteroatoms. The molecule has 0 aromatic heterocycles. The molecular formula is C9H4F6O2. The molecule has 0 saturated carbocycles. The van der Waals surface area contributed by atoms with Gasteiger partial charge < -0.3 is 4.74 Å². The molecule has 0 heterocycles. The van der Waals surface area contributed by atoms with Crippen LogP contribution in [0, 0.1) is 5.82 Å². The molecule has 0 unspecified atom stereocenters. The maximum atomic E-state index is 12.7. The number of Topliss-reactive ketones (excluding diaryl/α,β-unsaturated/α-hetero) is 1. The molecule has 0 N–H and O–H groups in total. The molecule has 0 aliphatic rings. The Kier molecular flexibility index (Phi) is 3.64. The lowest BCUT2D eigenvalue weighted by Gasteiger charge is -2.12. The lowest BCUT2D eigenvalue weighted by atomic mass is 10.1. The second-order valence-corrected chi connectivity index (χ2v) is 2.85. The van der Waals surface area contributed by atoms with E-state index in [1.807, 2.05) is 0 Å². The molecule has 0 saturated heterocycles. The van der Waals surface area contributed by atoms with Gasteiger partial charge in [0.2, 0.25) is 5.78 Å². The Balaban J connectivity index is 3.17. The SMILES string of the molecule is O=C(c1cc(F)ccc1OC(F)(F)F)C(F)F. The number of hydrogen-bond donors (Lipinski definition) is 0. The van der Waals surface area contributed by atoms with Crippen molar-refractivity contribution in [3.05, 3.63) is 29.6 Å². The average molecular weight is 258 g/mol. The smallest absolute Gasteiger partial charge is 0.405 e. The van der Waals surface area contributed by atoms with Crippen LogP contribution in [-0.4, -0.2) is 18.6 Å². The first-order valence-electron chi connectivity index (χ1n) is 4.08. The van der Waals surface area contributed by atoms with Gasteiger partial charge in [-0.3, -0.25) is 4.79 Å². The molecule has 94 valence electrons. The predicted octanol–water partition coefficient (Wildman–Crippen LogP) is 3.17. The standard InChI is InChI=1S/C9H4F6O2/c10-4-1-2-6(17-9(13,14)15)5(3-4)7(16)8(11)12/h1-3,8H. The molecule has 0 bridgehead atoms. The number of halogens is 6. The van der Waals surface area contributed by atoms with Gasteiger partial charge in [-0.15, -0.1) is 13.2 Å². The average Bonchev–Trinajstić information content (AvgIpc) is 2.17. The van der Waals surface area contributed by atoms with Crippen molar-refractivity contribution in [2.24, 2.45) is 0 Å². The third-order valence-electron chi connectivity index (χ3n) is 1.63. The summed E-state index contributed by atoms with van der Waals surface area (Å²) in [5.41, 5.74) is -1.16. The summed E-state index contributed by atoms with van der Waals surface area (Å²) < 4.78 is 75.7. The molecule has 0 radical (unpaired) electrons. The van der Waals surface area contributed by atoms with E-state index in [-0.39, 0.29) is 6.07 Å². The fourth-order valence-electron chi connectivity index (χ4n) is 1.03. The molecule has 1 aromatic rings. The Morgan fingerprint density at radius 3 is 2.29 bits per heavy atom. The number of ether oxygens (including phenoxy) is 1. The Bertz CT molecular complexity index is 426. The highest BCUT2D eigenvalue weighted by molar-refractivity contribution is 6.00. The first-order valence-corrected chi connectivity index (χ1v) is 4.08. The quantitative estimate of drug-likeness (QED) is 0.614. The highest BCUT2D eigenvalue weighted by Crippen LogP contribution is 2.28. The number of benzene rings is 1. The zero-order valence-corrected chi connectivity index (χ0v) is 7.89. The van der Waals surface area contributed by atoms with Gasteiger partial charge in [0.25, 0.3) is 0 Å². The number of carbonyl (C=O) groups is 1. The van der Waals surface area contributed by atoms with Crippen LogP contribution >= 0.6 is 0 Å². The van der Waals surface area contributed by atoms with E-state index in [4.69, 9.17) is 0 Å². The number of hydrogen-bond acceptors (Lipinski definition) is 2. The zero-order valence-electron chi connectivity index (χ0n) is 7.89. The van der Waals surface area contributed by atoms with Crippen LogP contribution < -0.4 is 4.74 Å². The third kappa shape index (κ3) is 3.65. The topological polar surface area (TPSA) is 26.3 Å². The fourth-order valence-corrected chi connectivity index (χ4v) is 1.03. The van der Waals surface area contributed by atoms with Crippen molar-refractivity contribution in [3.8, 4) is 5.75 Å². The number of ketones is 1. The summed E-state index contributed by atoms with van der Waals surface area (Å²) >= 11 is 0. The maximum Gasteiger partial charge on any atom is 0.573 e. The Labute approximate surface area is 90.8 Å². The van der Waals surface area contributed by atoms with Crippen LogP contribution in [0.25, 0.3) is 0 Å². The van der Waals surface area contributed by atoms with Crippen molar-refractivity contribution in [2.45, 2.75) is 12.8 Å². The highest BCUT2D eigenvalue weighted by Gasteiger charge is 2.34. The van der Waals surface area contributed by atoms with Crippen molar-refractivity contribution in [2.75, 3.05) is 0 Å². The monoisotopic (exact) mass is 258 g/mol. The molecule has 0 spiro atoms. The van der Waals surface area contributed by atoms with Crippen molar-refractivity contribution < 1.29 is 35.9 Å². The van der Waals surface area contributed by atoms with Crippen molar-refractivity contribution in [3.63, 3.8) is 0 Å². The van der Waals surface area contributed by atoms with Crippen LogP contribution in [0.3, 0.4) is 0 Å².